The van der Waals surface area contributed by atoms with Gasteiger partial charge in [0.2, 0.25) is 0 Å². The summed E-state index contributed by atoms with van der Waals surface area (Å²) in [4.78, 5) is 0. The Balaban J connectivity index is 2.19. The lowest BCUT2D eigenvalue weighted by Gasteiger charge is -2.01. The molecule has 17 heavy (non-hydrogen) atoms. The van der Waals surface area contributed by atoms with Gasteiger partial charge in [0, 0.05) is 0 Å². The third kappa shape index (κ3) is 4.51. The Morgan fingerprint density at radius 3 is 2.53 bits per heavy atom. The molecule has 0 aromatic carbocycles. The van der Waals surface area contributed by atoms with E-state index in [1.807, 2.05) is 12.2 Å². The Labute approximate surface area is 106 Å². The third-order valence-corrected chi connectivity index (χ3v) is 3.56. The van der Waals surface area contributed by atoms with Gasteiger partial charge in [-0.05, 0) is 53.4 Å². The maximum Gasteiger partial charge on any atom is 0.110 e. The predicted octanol–water partition coefficient (Wildman–Crippen LogP) is 4.62. The molecule has 0 aromatic rings. The molecule has 0 amide bonds. The topological polar surface area (TPSA) is 12.5 Å². The second kappa shape index (κ2) is 6.20. The minimum Gasteiger partial charge on any atom is -0.362 e. The molecule has 0 saturated carbocycles. The molecule has 1 heteroatoms. The third-order valence-electron chi connectivity index (χ3n) is 3.56. The molecular weight excluding hydrogens is 208 g/mol. The van der Waals surface area contributed by atoms with Gasteiger partial charge in [0.25, 0.3) is 0 Å². The lowest BCUT2D eigenvalue weighted by atomic mass is 10.0. The summed E-state index contributed by atoms with van der Waals surface area (Å²) in [7, 11) is 0. The average Bonchev–Trinajstić information content (AvgIpc) is 2.98. The van der Waals surface area contributed by atoms with Crippen molar-refractivity contribution in [3.63, 3.8) is 0 Å². The zero-order chi connectivity index (χ0) is 12.9. The number of ether oxygens (including phenoxy) is 1. The minimum absolute atomic E-state index is 0.0481. The van der Waals surface area contributed by atoms with Crippen molar-refractivity contribution in [3.05, 3.63) is 42.9 Å². The molecule has 1 rings (SSSR count). The molecule has 95 valence electrons. The first-order chi connectivity index (χ1) is 8.01. The number of epoxide rings is 1. The van der Waals surface area contributed by atoms with Crippen molar-refractivity contribution in [2.24, 2.45) is 0 Å². The van der Waals surface area contributed by atoms with Crippen molar-refractivity contribution in [2.45, 2.75) is 58.2 Å². The van der Waals surface area contributed by atoms with Gasteiger partial charge in [0.05, 0.1) is 6.10 Å². The predicted molar refractivity (Wildman–Crippen MR) is 74.8 cm³/mol. The highest BCUT2D eigenvalue weighted by atomic mass is 16.6. The summed E-state index contributed by atoms with van der Waals surface area (Å²) >= 11 is 0. The first-order valence-corrected chi connectivity index (χ1v) is 6.43. The van der Waals surface area contributed by atoms with E-state index < -0.39 is 0 Å². The van der Waals surface area contributed by atoms with Crippen LogP contribution < -0.4 is 0 Å². The minimum atomic E-state index is -0.0481. The van der Waals surface area contributed by atoms with Gasteiger partial charge in [-0.3, -0.25) is 0 Å². The highest BCUT2D eigenvalue weighted by Gasteiger charge is 2.48. The Morgan fingerprint density at radius 1 is 1.29 bits per heavy atom. The summed E-state index contributed by atoms with van der Waals surface area (Å²) in [5.41, 5.74) is 2.77. The fourth-order valence-corrected chi connectivity index (χ4v) is 1.91. The molecule has 1 nitrogen and oxygen atoms in total. The van der Waals surface area contributed by atoms with Crippen molar-refractivity contribution >= 4 is 0 Å². The van der Waals surface area contributed by atoms with Crippen LogP contribution in [-0.4, -0.2) is 11.7 Å². The van der Waals surface area contributed by atoms with Crippen LogP contribution in [0.3, 0.4) is 0 Å². The van der Waals surface area contributed by atoms with E-state index in [0.717, 1.165) is 25.7 Å². The fourth-order valence-electron chi connectivity index (χ4n) is 1.91. The van der Waals surface area contributed by atoms with E-state index in [0.29, 0.717) is 6.10 Å². The van der Waals surface area contributed by atoms with Gasteiger partial charge < -0.3 is 4.74 Å². The summed E-state index contributed by atoms with van der Waals surface area (Å²) in [5.74, 6) is 0. The van der Waals surface area contributed by atoms with Gasteiger partial charge >= 0.3 is 0 Å². The first-order valence-electron chi connectivity index (χ1n) is 6.43. The number of hydrogen-bond donors (Lipinski definition) is 0. The van der Waals surface area contributed by atoms with Crippen molar-refractivity contribution in [3.8, 4) is 0 Å². The van der Waals surface area contributed by atoms with Crippen LogP contribution in [0, 0.1) is 6.92 Å². The van der Waals surface area contributed by atoms with Gasteiger partial charge in [-0.25, -0.2) is 0 Å². The van der Waals surface area contributed by atoms with E-state index in [-0.39, 0.29) is 5.60 Å². The van der Waals surface area contributed by atoms with E-state index in [2.05, 4.69) is 40.3 Å². The summed E-state index contributed by atoms with van der Waals surface area (Å²) < 4.78 is 5.60. The second-order valence-electron chi connectivity index (χ2n) is 5.17. The van der Waals surface area contributed by atoms with Crippen LogP contribution in [-0.2, 0) is 4.74 Å². The van der Waals surface area contributed by atoms with Crippen molar-refractivity contribution in [1.29, 1.82) is 0 Å². The van der Waals surface area contributed by atoms with E-state index in [1.54, 1.807) is 0 Å². The van der Waals surface area contributed by atoms with Crippen LogP contribution in [0.25, 0.3) is 0 Å². The molecule has 0 spiro atoms. The van der Waals surface area contributed by atoms with Crippen LogP contribution in [0.1, 0.15) is 46.5 Å². The van der Waals surface area contributed by atoms with Gasteiger partial charge in [0.15, 0.2) is 0 Å². The summed E-state index contributed by atoms with van der Waals surface area (Å²) in [6.45, 7) is 14.0. The van der Waals surface area contributed by atoms with Crippen LogP contribution in [0.2, 0.25) is 0 Å². The molecule has 1 aliphatic heterocycles. The summed E-state index contributed by atoms with van der Waals surface area (Å²) in [6.07, 6.45) is 11.0. The molecule has 0 bridgehead atoms. The number of rotatable bonds is 7. The zero-order valence-electron chi connectivity index (χ0n) is 11.5. The van der Waals surface area contributed by atoms with Crippen LogP contribution >= 0.6 is 0 Å². The molecule has 0 N–H and O–H groups in total. The highest BCUT2D eigenvalue weighted by molar-refractivity contribution is 5.12. The second-order valence-corrected chi connectivity index (χ2v) is 5.17. The quantitative estimate of drug-likeness (QED) is 0.462. The van der Waals surface area contributed by atoms with Gasteiger partial charge in [0.1, 0.15) is 5.60 Å². The fraction of sp³-hybridized carbons (Fsp3) is 0.562. The lowest BCUT2D eigenvalue weighted by molar-refractivity contribution is 0.338. The Kier molecular flexibility index (Phi) is 5.20. The molecule has 1 heterocycles. The van der Waals surface area contributed by atoms with Gasteiger partial charge in [-0.1, -0.05) is 29.4 Å². The first kappa shape index (κ1) is 14.2. The lowest BCUT2D eigenvalue weighted by Crippen LogP contribution is -2.04. The highest BCUT2D eigenvalue weighted by Crippen LogP contribution is 2.40. The van der Waals surface area contributed by atoms with Gasteiger partial charge in [-0.2, -0.15) is 0 Å². The number of allylic oxidation sites excluding steroid dienone is 4. The van der Waals surface area contributed by atoms with E-state index in [4.69, 9.17) is 4.74 Å². The molecule has 1 aliphatic rings. The Bertz CT molecular complexity index is 324. The summed E-state index contributed by atoms with van der Waals surface area (Å²) in [5, 5.41) is 0. The largest absolute Gasteiger partial charge is 0.362 e. The van der Waals surface area contributed by atoms with E-state index in [9.17, 15) is 0 Å². The van der Waals surface area contributed by atoms with Crippen molar-refractivity contribution < 1.29 is 4.74 Å². The van der Waals surface area contributed by atoms with Crippen LogP contribution in [0.5, 0.6) is 0 Å². The molecule has 0 aliphatic carbocycles. The van der Waals surface area contributed by atoms with Crippen molar-refractivity contribution in [1.82, 2.24) is 0 Å². The van der Waals surface area contributed by atoms with Crippen molar-refractivity contribution in [2.75, 3.05) is 0 Å². The normalized spacial score (nSPS) is 29.3. The smallest absolute Gasteiger partial charge is 0.110 e. The standard InChI is InChI=1S/C16H25O/c1-6-13(3)9-8-10-14(4)11-12-15-16(5,7-2)17-15/h6-7,10,15H,1-2,8-9,11-12H2,3-5H3/b13-6+,14-10+/t15-,16-/m0/s1. The maximum absolute atomic E-state index is 5.60. The van der Waals surface area contributed by atoms with E-state index in [1.165, 1.54) is 11.1 Å². The Hall–Kier alpha value is -0.820. The van der Waals surface area contributed by atoms with Crippen LogP contribution in [0.15, 0.2) is 36.0 Å². The zero-order valence-corrected chi connectivity index (χ0v) is 11.5. The van der Waals surface area contributed by atoms with Crippen LogP contribution in [0.4, 0.5) is 0 Å². The molecule has 0 unspecified atom stereocenters. The molecular formula is C16H25O. The monoisotopic (exact) mass is 233 g/mol. The molecule has 2 atom stereocenters. The molecule has 1 radical (unpaired) electrons. The van der Waals surface area contributed by atoms with E-state index >= 15 is 0 Å². The molecule has 1 fully saturated rings. The SMILES string of the molecule is [CH2]/C=C(\C)CC/C=C(\C)CC[C@@H]1O[C@@]1(C)C=C. The average molecular weight is 233 g/mol. The van der Waals surface area contributed by atoms with Gasteiger partial charge in [-0.15, -0.1) is 6.58 Å². The Morgan fingerprint density at radius 2 is 2.00 bits per heavy atom. The maximum atomic E-state index is 5.60. The number of hydrogen-bond acceptors (Lipinski definition) is 1. The molecule has 0 aromatic heterocycles. The summed E-state index contributed by atoms with van der Waals surface area (Å²) in [6, 6.07) is 0. The molecule has 1 saturated heterocycles.